The van der Waals surface area contributed by atoms with E-state index in [1.807, 2.05) is 42.2 Å². The smallest absolute Gasteiger partial charge is 0.254 e. The lowest BCUT2D eigenvalue weighted by atomic mass is 9.80. The second-order valence-corrected chi connectivity index (χ2v) is 9.06. The molecule has 2 N–H and O–H groups in total. The summed E-state index contributed by atoms with van der Waals surface area (Å²) in [6.45, 7) is 0.273. The Kier molecular flexibility index (Phi) is 5.96. The molecule has 7 nitrogen and oxygen atoms in total. The number of imidazole rings is 1. The summed E-state index contributed by atoms with van der Waals surface area (Å²) < 4.78 is 44.8. The van der Waals surface area contributed by atoms with Crippen LogP contribution in [0, 0.1) is 23.4 Å². The fourth-order valence-electron chi connectivity index (χ4n) is 4.69. The number of aryl methyl sites for hydroxylation is 1. The van der Waals surface area contributed by atoms with Gasteiger partial charge in [-0.15, -0.1) is 0 Å². The summed E-state index contributed by atoms with van der Waals surface area (Å²) in [4.78, 5) is 17.0. The van der Waals surface area contributed by atoms with E-state index in [0.29, 0.717) is 12.0 Å². The molecule has 5 rings (SSSR count). The van der Waals surface area contributed by atoms with Crippen molar-refractivity contribution in [1.29, 1.82) is 0 Å². The van der Waals surface area contributed by atoms with Crippen molar-refractivity contribution in [3.8, 4) is 16.9 Å². The van der Waals surface area contributed by atoms with Gasteiger partial charge in [0.25, 0.3) is 5.91 Å². The fraction of sp³-hybridized carbons (Fsp3) is 0.320. The Labute approximate surface area is 199 Å². The van der Waals surface area contributed by atoms with Crippen LogP contribution in [0.5, 0.6) is 5.75 Å². The molecule has 1 saturated carbocycles. The van der Waals surface area contributed by atoms with Gasteiger partial charge in [-0.2, -0.15) is 9.49 Å². The summed E-state index contributed by atoms with van der Waals surface area (Å²) in [5.74, 6) is -6.60. The number of phenolic OH excluding ortho intramolecular Hbond substituents is 1. The highest BCUT2D eigenvalue weighted by Gasteiger charge is 2.26. The molecule has 0 spiro atoms. The van der Waals surface area contributed by atoms with Crippen LogP contribution in [0.1, 0.15) is 47.7 Å². The fourth-order valence-corrected chi connectivity index (χ4v) is 4.69. The molecule has 1 amide bonds. The van der Waals surface area contributed by atoms with Crippen LogP contribution in [0.3, 0.4) is 0 Å². The minimum atomic E-state index is -1.77. The van der Waals surface area contributed by atoms with Crippen molar-refractivity contribution < 1.29 is 23.1 Å². The number of hydrogen-bond donors (Lipinski definition) is 2. The van der Waals surface area contributed by atoms with Crippen LogP contribution in [-0.4, -0.2) is 36.7 Å². The number of benzene rings is 1. The van der Waals surface area contributed by atoms with Gasteiger partial charge < -0.3 is 14.8 Å². The third-order valence-electron chi connectivity index (χ3n) is 6.70. The summed E-state index contributed by atoms with van der Waals surface area (Å²) in [6.07, 6.45) is 11.3. The van der Waals surface area contributed by atoms with Gasteiger partial charge in [-0.1, -0.05) is 0 Å². The number of hydrogen-bond acceptors (Lipinski definition) is 4. The molecule has 10 heteroatoms. The van der Waals surface area contributed by atoms with E-state index in [2.05, 4.69) is 16.6 Å². The van der Waals surface area contributed by atoms with Crippen LogP contribution in [0.4, 0.5) is 13.2 Å². The van der Waals surface area contributed by atoms with Crippen molar-refractivity contribution in [3.63, 3.8) is 0 Å². The number of aromatic nitrogens is 4. The number of nitrogens with one attached hydrogen (secondary N) is 1. The molecular weight excluding hydrogens is 459 g/mol. The monoisotopic (exact) mass is 483 g/mol. The Hall–Kier alpha value is -3.82. The summed E-state index contributed by atoms with van der Waals surface area (Å²) in [5.41, 5.74) is 3.22. The number of rotatable bonds is 5. The molecule has 1 aliphatic carbocycles. The quantitative estimate of drug-likeness (QED) is 0.408. The van der Waals surface area contributed by atoms with E-state index >= 15 is 0 Å². The van der Waals surface area contributed by atoms with E-state index in [4.69, 9.17) is 10.1 Å². The first-order valence-electron chi connectivity index (χ1n) is 11.4. The minimum Gasteiger partial charge on any atom is -0.503 e. The Morgan fingerprint density at radius 2 is 1.86 bits per heavy atom. The molecule has 1 aromatic carbocycles. The molecule has 3 heterocycles. The van der Waals surface area contributed by atoms with Gasteiger partial charge in [0.1, 0.15) is 5.65 Å². The van der Waals surface area contributed by atoms with Crippen LogP contribution >= 0.6 is 0 Å². The predicted octanol–water partition coefficient (Wildman–Crippen LogP) is 4.56. The van der Waals surface area contributed by atoms with Gasteiger partial charge in [0, 0.05) is 49.2 Å². The topological polar surface area (TPSA) is 84.5 Å². The molecule has 3 aromatic heterocycles. The average Bonchev–Trinajstić information content (AvgIpc) is 3.49. The number of aromatic hydroxyl groups is 1. The predicted molar refractivity (Wildman–Crippen MR) is 122 cm³/mol. The molecule has 0 radical (unpaired) electrons. The van der Waals surface area contributed by atoms with E-state index in [1.165, 1.54) is 0 Å². The van der Waals surface area contributed by atoms with Gasteiger partial charge in [0.15, 0.2) is 17.4 Å². The van der Waals surface area contributed by atoms with Crippen molar-refractivity contribution in [2.45, 2.75) is 31.6 Å². The molecule has 0 atom stereocenters. The zero-order chi connectivity index (χ0) is 24.7. The normalized spacial score (nSPS) is 18.2. The molecule has 1 aliphatic rings. The molecule has 0 bridgehead atoms. The number of phenols is 1. The van der Waals surface area contributed by atoms with Crippen molar-refractivity contribution in [2.75, 3.05) is 6.54 Å². The standard InChI is InChI=1S/C25H24F3N5O2/c1-32-11-17(10-30-32)16-6-7-21-31-20(13-33(21)12-16)15-4-2-14(3-5-15)9-29-25(35)18-8-19(26)24(34)23(28)22(18)27/h6-8,10-15,34H,2-5,9H2,1H3,(H,29,35)/t14-,15-. The second kappa shape index (κ2) is 9.09. The first-order valence-corrected chi connectivity index (χ1v) is 11.4. The van der Waals surface area contributed by atoms with Gasteiger partial charge >= 0.3 is 0 Å². The molecule has 4 aromatic rings. The number of fused-ring (bicyclic) bond motifs is 1. The van der Waals surface area contributed by atoms with Crippen molar-refractivity contribution in [2.24, 2.45) is 13.0 Å². The van der Waals surface area contributed by atoms with Gasteiger partial charge in [-0.25, -0.2) is 13.8 Å². The third kappa shape index (κ3) is 4.48. The maximum absolute atomic E-state index is 13.9. The van der Waals surface area contributed by atoms with Gasteiger partial charge in [-0.3, -0.25) is 9.48 Å². The number of amides is 1. The highest BCUT2D eigenvalue weighted by Crippen LogP contribution is 2.35. The van der Waals surface area contributed by atoms with Crippen molar-refractivity contribution in [1.82, 2.24) is 24.5 Å². The Bertz CT molecular complexity index is 1410. The number of nitrogens with zero attached hydrogens (tertiary/aromatic N) is 4. The summed E-state index contributed by atoms with van der Waals surface area (Å²) >= 11 is 0. The molecule has 0 aliphatic heterocycles. The Morgan fingerprint density at radius 3 is 2.57 bits per heavy atom. The Morgan fingerprint density at radius 1 is 1.09 bits per heavy atom. The van der Waals surface area contributed by atoms with E-state index in [-0.39, 0.29) is 12.5 Å². The zero-order valence-electron chi connectivity index (χ0n) is 19.0. The van der Waals surface area contributed by atoms with Crippen molar-refractivity contribution in [3.05, 3.63) is 71.7 Å². The van der Waals surface area contributed by atoms with Crippen molar-refractivity contribution >= 4 is 11.6 Å². The number of carbonyl (C=O) groups is 1. The SMILES string of the molecule is Cn1cc(-c2ccc3nc([C@H]4CC[C@H](CNC(=O)c5cc(F)c(O)c(F)c5F)CC4)cn3c2)cn1. The van der Waals surface area contributed by atoms with E-state index in [9.17, 15) is 18.0 Å². The number of carbonyl (C=O) groups excluding carboxylic acids is 1. The molecular formula is C25H24F3N5O2. The molecule has 1 fully saturated rings. The van der Waals surface area contributed by atoms with Crippen LogP contribution in [0.25, 0.3) is 16.8 Å². The zero-order valence-corrected chi connectivity index (χ0v) is 19.0. The lowest BCUT2D eigenvalue weighted by Gasteiger charge is -2.27. The molecule has 0 saturated heterocycles. The number of pyridine rings is 1. The Balaban J connectivity index is 1.19. The molecule has 182 valence electrons. The summed E-state index contributed by atoms with van der Waals surface area (Å²) in [6, 6.07) is 4.52. The van der Waals surface area contributed by atoms with Crippen LogP contribution in [0.2, 0.25) is 0 Å². The molecule has 0 unspecified atom stereocenters. The minimum absolute atomic E-state index is 0.166. The van der Waals surface area contributed by atoms with Crippen LogP contribution in [0.15, 0.2) is 43.0 Å². The lowest BCUT2D eigenvalue weighted by Crippen LogP contribution is -2.32. The van der Waals surface area contributed by atoms with E-state index in [1.54, 1.807) is 4.68 Å². The summed E-state index contributed by atoms with van der Waals surface area (Å²) in [7, 11) is 1.88. The maximum atomic E-state index is 13.9. The maximum Gasteiger partial charge on any atom is 0.254 e. The van der Waals surface area contributed by atoms with Gasteiger partial charge in [-0.05, 0) is 49.8 Å². The van der Waals surface area contributed by atoms with Gasteiger partial charge in [0.05, 0.1) is 17.5 Å². The van der Waals surface area contributed by atoms with E-state index in [0.717, 1.165) is 48.2 Å². The lowest BCUT2D eigenvalue weighted by molar-refractivity contribution is 0.0937. The largest absolute Gasteiger partial charge is 0.503 e. The average molecular weight is 483 g/mol. The number of halogens is 3. The summed E-state index contributed by atoms with van der Waals surface area (Å²) in [5, 5.41) is 15.9. The van der Waals surface area contributed by atoms with Gasteiger partial charge in [0.2, 0.25) is 5.82 Å². The second-order valence-electron chi connectivity index (χ2n) is 9.06. The van der Waals surface area contributed by atoms with Crippen LogP contribution in [-0.2, 0) is 7.05 Å². The van der Waals surface area contributed by atoms with E-state index < -0.39 is 34.7 Å². The highest BCUT2D eigenvalue weighted by molar-refractivity contribution is 5.94. The van der Waals surface area contributed by atoms with Crippen LogP contribution < -0.4 is 5.32 Å². The first kappa shape index (κ1) is 22.9. The third-order valence-corrected chi connectivity index (χ3v) is 6.70. The highest BCUT2D eigenvalue weighted by atomic mass is 19.2. The first-order chi connectivity index (χ1) is 16.8. The molecule has 35 heavy (non-hydrogen) atoms.